The van der Waals surface area contributed by atoms with Crippen molar-refractivity contribution in [1.29, 1.82) is 5.26 Å². The van der Waals surface area contributed by atoms with Gasteiger partial charge in [0.25, 0.3) is 20.2 Å². The summed E-state index contributed by atoms with van der Waals surface area (Å²) in [6.45, 7) is 1.04. The van der Waals surface area contributed by atoms with Crippen molar-refractivity contribution in [3.63, 3.8) is 0 Å². The number of hydrogen-bond donors (Lipinski definition) is 1. The minimum Gasteiger partial charge on any atom is -0.353 e. The Bertz CT molecular complexity index is 688. The summed E-state index contributed by atoms with van der Waals surface area (Å²) >= 11 is 0. The Balaban J connectivity index is 2.28. The summed E-state index contributed by atoms with van der Waals surface area (Å²) in [7, 11) is -8.02. The first kappa shape index (κ1) is 27.3. The standard InChI is InChI=1S/C19H35NO8S2/c1-29(21,22)28-17-19(16-20,12-15-30(23,24)25)11-7-4-2-3-5-8-13-26-18-10-6-9-14-27-18/h18H,2-15,17H2,1H3,(H,23,24,25). The van der Waals surface area contributed by atoms with E-state index in [4.69, 9.17) is 18.2 Å². The maximum absolute atomic E-state index is 11.3. The predicted molar refractivity (Wildman–Crippen MR) is 112 cm³/mol. The molecule has 11 heteroatoms. The summed E-state index contributed by atoms with van der Waals surface area (Å²) in [4.78, 5) is 0. The van der Waals surface area contributed by atoms with Crippen LogP contribution in [0.25, 0.3) is 0 Å². The topological polar surface area (TPSA) is 140 Å². The largest absolute Gasteiger partial charge is 0.353 e. The van der Waals surface area contributed by atoms with Crippen LogP contribution in [-0.2, 0) is 33.9 Å². The van der Waals surface area contributed by atoms with E-state index >= 15 is 0 Å². The van der Waals surface area contributed by atoms with Gasteiger partial charge in [0.1, 0.15) is 0 Å². The maximum Gasteiger partial charge on any atom is 0.264 e. The molecule has 1 aliphatic rings. The molecule has 1 aliphatic heterocycles. The lowest BCUT2D eigenvalue weighted by molar-refractivity contribution is -0.162. The van der Waals surface area contributed by atoms with Gasteiger partial charge in [-0.25, -0.2) is 0 Å². The van der Waals surface area contributed by atoms with E-state index in [1.807, 2.05) is 6.07 Å². The molecule has 0 saturated carbocycles. The third-order valence-corrected chi connectivity index (χ3v) is 6.38. The Kier molecular flexibility index (Phi) is 12.4. The van der Waals surface area contributed by atoms with Crippen molar-refractivity contribution in [2.45, 2.75) is 76.9 Å². The van der Waals surface area contributed by atoms with Crippen molar-refractivity contribution >= 4 is 20.2 Å². The molecule has 0 aromatic carbocycles. The van der Waals surface area contributed by atoms with Crippen LogP contribution in [0, 0.1) is 16.7 Å². The van der Waals surface area contributed by atoms with Crippen molar-refractivity contribution in [2.75, 3.05) is 31.8 Å². The Labute approximate surface area is 180 Å². The van der Waals surface area contributed by atoms with Crippen LogP contribution in [0.2, 0.25) is 0 Å². The molecule has 30 heavy (non-hydrogen) atoms. The molecule has 2 atom stereocenters. The molecule has 0 bridgehead atoms. The lowest BCUT2D eigenvalue weighted by Gasteiger charge is -2.25. The van der Waals surface area contributed by atoms with Gasteiger partial charge in [-0.05, 0) is 38.5 Å². The van der Waals surface area contributed by atoms with Gasteiger partial charge in [-0.15, -0.1) is 0 Å². The maximum atomic E-state index is 11.3. The summed E-state index contributed by atoms with van der Waals surface area (Å²) in [6, 6.07) is 2.02. The van der Waals surface area contributed by atoms with E-state index in [1.54, 1.807) is 0 Å². The van der Waals surface area contributed by atoms with Crippen molar-refractivity contribution in [3.05, 3.63) is 0 Å². The first-order valence-electron chi connectivity index (χ1n) is 10.5. The Morgan fingerprint density at radius 2 is 1.73 bits per heavy atom. The van der Waals surface area contributed by atoms with Crippen LogP contribution >= 0.6 is 0 Å². The Morgan fingerprint density at radius 3 is 2.30 bits per heavy atom. The molecule has 0 amide bonds. The van der Waals surface area contributed by atoms with Gasteiger partial charge in [-0.3, -0.25) is 8.74 Å². The molecule has 1 rings (SSSR count). The second-order valence-corrected chi connectivity index (χ2v) is 11.1. The fourth-order valence-electron chi connectivity index (χ4n) is 3.29. The lowest BCUT2D eigenvalue weighted by Crippen LogP contribution is -2.29. The van der Waals surface area contributed by atoms with Gasteiger partial charge in [0, 0.05) is 13.2 Å². The zero-order valence-corrected chi connectivity index (χ0v) is 19.4. The molecule has 1 N–H and O–H groups in total. The van der Waals surface area contributed by atoms with Gasteiger partial charge in [-0.2, -0.15) is 22.1 Å². The molecule has 9 nitrogen and oxygen atoms in total. The minimum absolute atomic E-state index is 0.0604. The van der Waals surface area contributed by atoms with Gasteiger partial charge < -0.3 is 9.47 Å². The quantitative estimate of drug-likeness (QED) is 0.205. The molecular weight excluding hydrogens is 434 g/mol. The highest BCUT2D eigenvalue weighted by Crippen LogP contribution is 2.30. The predicted octanol–water partition coefficient (Wildman–Crippen LogP) is 3.02. The SMILES string of the molecule is CS(=O)(=O)OCC(C#N)(CCCCCCCCOC1CCCCO1)CCS(=O)(=O)O. The Hall–Kier alpha value is -0.770. The van der Waals surface area contributed by atoms with Gasteiger partial charge in [0.2, 0.25) is 0 Å². The van der Waals surface area contributed by atoms with Gasteiger partial charge in [-0.1, -0.05) is 32.1 Å². The third kappa shape index (κ3) is 13.5. The molecular formula is C19H35NO8S2. The molecule has 0 radical (unpaired) electrons. The van der Waals surface area contributed by atoms with E-state index in [-0.39, 0.29) is 12.7 Å². The first-order chi connectivity index (χ1) is 14.1. The number of nitrogens with zero attached hydrogens (tertiary/aromatic N) is 1. The lowest BCUT2D eigenvalue weighted by atomic mass is 9.82. The highest BCUT2D eigenvalue weighted by molar-refractivity contribution is 7.86. The van der Waals surface area contributed by atoms with E-state index in [1.165, 1.54) is 0 Å². The van der Waals surface area contributed by atoms with E-state index in [9.17, 15) is 22.1 Å². The summed E-state index contributed by atoms with van der Waals surface area (Å²) in [5.41, 5.74) is -1.27. The van der Waals surface area contributed by atoms with Crippen LogP contribution in [0.15, 0.2) is 0 Å². The number of hydrogen-bond acceptors (Lipinski definition) is 8. The van der Waals surface area contributed by atoms with Gasteiger partial charge in [0.15, 0.2) is 6.29 Å². The third-order valence-electron chi connectivity index (χ3n) is 5.12. The van der Waals surface area contributed by atoms with Crippen molar-refractivity contribution in [1.82, 2.24) is 0 Å². The van der Waals surface area contributed by atoms with Crippen LogP contribution in [0.4, 0.5) is 0 Å². The second-order valence-electron chi connectivity index (χ2n) is 7.93. The summed E-state index contributed by atoms with van der Waals surface area (Å²) in [5.74, 6) is -0.613. The van der Waals surface area contributed by atoms with Gasteiger partial charge >= 0.3 is 0 Å². The van der Waals surface area contributed by atoms with E-state index in [0.717, 1.165) is 64.2 Å². The normalized spacial score (nSPS) is 19.8. The summed E-state index contributed by atoms with van der Waals surface area (Å²) < 4.78 is 69.7. The smallest absolute Gasteiger partial charge is 0.264 e. The highest BCUT2D eigenvalue weighted by Gasteiger charge is 2.33. The van der Waals surface area contributed by atoms with Gasteiger partial charge in [0.05, 0.1) is 30.1 Å². The minimum atomic E-state index is -4.25. The molecule has 0 spiro atoms. The Morgan fingerprint density at radius 1 is 1.07 bits per heavy atom. The highest BCUT2D eigenvalue weighted by atomic mass is 32.2. The van der Waals surface area contributed by atoms with Crippen molar-refractivity contribution in [3.8, 4) is 6.07 Å². The first-order valence-corrected chi connectivity index (χ1v) is 13.9. The molecule has 1 heterocycles. The molecule has 2 unspecified atom stereocenters. The molecule has 0 aromatic rings. The number of ether oxygens (including phenoxy) is 2. The average Bonchev–Trinajstić information content (AvgIpc) is 2.68. The van der Waals surface area contributed by atoms with Crippen LogP contribution in [0.1, 0.15) is 70.6 Å². The van der Waals surface area contributed by atoms with Crippen LogP contribution < -0.4 is 0 Å². The second kappa shape index (κ2) is 13.6. The van der Waals surface area contributed by atoms with Crippen molar-refractivity contribution < 1.29 is 35.0 Å². The summed E-state index contributed by atoms with van der Waals surface area (Å²) in [5, 5.41) is 9.55. The zero-order valence-electron chi connectivity index (χ0n) is 17.8. The van der Waals surface area contributed by atoms with E-state index < -0.39 is 38.0 Å². The zero-order chi connectivity index (χ0) is 22.5. The molecule has 0 aliphatic carbocycles. The molecule has 1 saturated heterocycles. The van der Waals surface area contributed by atoms with E-state index in [2.05, 4.69) is 0 Å². The fourth-order valence-corrected chi connectivity index (χ4v) is 4.38. The fraction of sp³-hybridized carbons (Fsp3) is 0.947. The summed E-state index contributed by atoms with van der Waals surface area (Å²) in [6.07, 6.45) is 9.56. The molecule has 0 aromatic heterocycles. The molecule has 176 valence electrons. The van der Waals surface area contributed by atoms with Crippen LogP contribution in [0.5, 0.6) is 0 Å². The van der Waals surface area contributed by atoms with Crippen LogP contribution in [-0.4, -0.2) is 59.5 Å². The number of rotatable bonds is 16. The van der Waals surface area contributed by atoms with Crippen molar-refractivity contribution in [2.24, 2.45) is 5.41 Å². The monoisotopic (exact) mass is 469 g/mol. The van der Waals surface area contributed by atoms with E-state index in [0.29, 0.717) is 19.4 Å². The number of unbranched alkanes of at least 4 members (excludes halogenated alkanes) is 5. The number of nitriles is 1. The van der Waals surface area contributed by atoms with Crippen LogP contribution in [0.3, 0.4) is 0 Å². The average molecular weight is 470 g/mol. The molecule has 1 fully saturated rings.